The first-order valence-electron chi connectivity index (χ1n) is 14.0. The highest BCUT2D eigenvalue weighted by Gasteiger charge is 2.31. The highest BCUT2D eigenvalue weighted by Crippen LogP contribution is 2.41. The second kappa shape index (κ2) is 11.9. The van der Waals surface area contributed by atoms with Crippen molar-refractivity contribution < 1.29 is 13.9 Å². The second-order valence-corrected chi connectivity index (χ2v) is 12.6. The zero-order valence-electron chi connectivity index (χ0n) is 23.2. The minimum Gasteiger partial charge on any atom is -0.487 e. The Kier molecular flexibility index (Phi) is 8.10. The van der Waals surface area contributed by atoms with E-state index < -0.39 is 0 Å². The molecule has 1 saturated heterocycles. The molecule has 1 aliphatic heterocycles. The summed E-state index contributed by atoms with van der Waals surface area (Å²) < 4.78 is 19.0. The van der Waals surface area contributed by atoms with E-state index in [1.54, 1.807) is 29.8 Å². The van der Waals surface area contributed by atoms with Crippen molar-refractivity contribution in [2.24, 2.45) is 5.92 Å². The molecule has 6 rings (SSSR count). The van der Waals surface area contributed by atoms with Crippen LogP contribution in [0.15, 0.2) is 48.8 Å². The van der Waals surface area contributed by atoms with E-state index in [9.17, 15) is 9.18 Å². The van der Waals surface area contributed by atoms with Crippen molar-refractivity contribution in [3.8, 4) is 5.75 Å². The van der Waals surface area contributed by atoms with Gasteiger partial charge in [0.05, 0.1) is 10.4 Å². The van der Waals surface area contributed by atoms with Crippen LogP contribution in [0.4, 0.5) is 15.9 Å². The molecule has 1 aliphatic carbocycles. The third-order valence-corrected chi connectivity index (χ3v) is 9.62. The number of hydrogen-bond donors (Lipinski definition) is 1. The van der Waals surface area contributed by atoms with Crippen LogP contribution in [0.25, 0.3) is 10.2 Å². The molecule has 1 amide bonds. The molecule has 0 spiro atoms. The van der Waals surface area contributed by atoms with E-state index >= 15 is 0 Å². The van der Waals surface area contributed by atoms with Gasteiger partial charge in [-0.25, -0.2) is 14.4 Å². The summed E-state index contributed by atoms with van der Waals surface area (Å²) in [6, 6.07) is 12.2. The molecule has 4 aromatic rings. The van der Waals surface area contributed by atoms with Gasteiger partial charge in [0.15, 0.2) is 0 Å². The second-order valence-electron chi connectivity index (χ2n) is 11.2. The first kappa shape index (κ1) is 27.9. The van der Waals surface area contributed by atoms with Crippen molar-refractivity contribution >= 4 is 50.6 Å². The molecule has 1 N–H and O–H groups in total. The third-order valence-electron chi connectivity index (χ3n) is 8.16. The number of anilines is 2. The summed E-state index contributed by atoms with van der Waals surface area (Å²) in [5, 5.41) is 4.96. The van der Waals surface area contributed by atoms with Gasteiger partial charge in [0.25, 0.3) is 0 Å². The van der Waals surface area contributed by atoms with Gasteiger partial charge in [-0.1, -0.05) is 23.7 Å². The SMILES string of the molecule is CN(C)[C@H]1CCN(C(=O)CC2CCc3c(sc4ncnc(Nc5ccc(OCc6ccc(F)cc6)c(Cl)c5)c34)C2)C1. The predicted molar refractivity (Wildman–Crippen MR) is 162 cm³/mol. The van der Waals surface area contributed by atoms with Crippen LogP contribution in [-0.4, -0.2) is 58.9 Å². The number of likely N-dealkylation sites (tertiary alicyclic amines) is 1. The lowest BCUT2D eigenvalue weighted by atomic mass is 9.85. The molecule has 1 fully saturated rings. The normalized spacial score (nSPS) is 18.6. The highest BCUT2D eigenvalue weighted by atomic mass is 35.5. The molecule has 7 nitrogen and oxygen atoms in total. The van der Waals surface area contributed by atoms with Crippen LogP contribution < -0.4 is 10.1 Å². The molecule has 10 heteroatoms. The Morgan fingerprint density at radius 2 is 2.02 bits per heavy atom. The molecule has 3 heterocycles. The number of fused-ring (bicyclic) bond motifs is 3. The van der Waals surface area contributed by atoms with E-state index in [0.717, 1.165) is 66.1 Å². The number of carbonyl (C=O) groups is 1. The number of likely N-dealkylation sites (N-methyl/N-ethyl adjacent to an activating group) is 1. The molecule has 1 unspecified atom stereocenters. The van der Waals surface area contributed by atoms with E-state index in [4.69, 9.17) is 16.3 Å². The molecular weight excluding hydrogens is 561 g/mol. The van der Waals surface area contributed by atoms with Gasteiger partial charge in [-0.15, -0.1) is 11.3 Å². The summed E-state index contributed by atoms with van der Waals surface area (Å²) in [6.45, 7) is 1.99. The topological polar surface area (TPSA) is 70.6 Å². The van der Waals surface area contributed by atoms with Crippen LogP contribution in [0, 0.1) is 11.7 Å². The number of amides is 1. The zero-order chi connectivity index (χ0) is 28.5. The van der Waals surface area contributed by atoms with Gasteiger partial charge in [-0.2, -0.15) is 0 Å². The predicted octanol–water partition coefficient (Wildman–Crippen LogP) is 6.46. The third kappa shape index (κ3) is 6.17. The fourth-order valence-corrected chi connectivity index (χ4v) is 7.32. The molecule has 2 aromatic heterocycles. The van der Waals surface area contributed by atoms with E-state index in [0.29, 0.717) is 35.8 Å². The largest absolute Gasteiger partial charge is 0.487 e. The number of hydrogen-bond acceptors (Lipinski definition) is 7. The van der Waals surface area contributed by atoms with E-state index in [1.165, 1.54) is 22.6 Å². The summed E-state index contributed by atoms with van der Waals surface area (Å²) in [5.74, 6) is 1.66. The van der Waals surface area contributed by atoms with Crippen LogP contribution in [0.1, 0.15) is 35.3 Å². The Labute approximate surface area is 248 Å². The number of ether oxygens (including phenoxy) is 1. The Bertz CT molecular complexity index is 1560. The minimum atomic E-state index is -0.279. The summed E-state index contributed by atoms with van der Waals surface area (Å²) in [5.41, 5.74) is 2.94. The molecule has 0 bridgehead atoms. The number of rotatable bonds is 8. The Balaban J connectivity index is 1.13. The van der Waals surface area contributed by atoms with E-state index in [1.807, 2.05) is 23.1 Å². The zero-order valence-corrected chi connectivity index (χ0v) is 24.8. The van der Waals surface area contributed by atoms with E-state index in [-0.39, 0.29) is 11.7 Å². The fraction of sp³-hybridized carbons (Fsp3) is 0.387. The van der Waals surface area contributed by atoms with Gasteiger partial charge in [0.1, 0.15) is 35.1 Å². The van der Waals surface area contributed by atoms with Gasteiger partial charge in [-0.05, 0) is 87.2 Å². The maximum atomic E-state index is 13.2. The number of halogens is 2. The molecule has 2 aliphatic rings. The molecular formula is C31H33ClFN5O2S. The van der Waals surface area contributed by atoms with Crippen molar-refractivity contribution in [3.05, 3.63) is 75.6 Å². The number of carbonyl (C=O) groups excluding carboxylic acids is 1. The summed E-state index contributed by atoms with van der Waals surface area (Å²) in [4.78, 5) is 28.7. The number of nitrogens with zero attached hydrogens (tertiary/aromatic N) is 4. The van der Waals surface area contributed by atoms with Gasteiger partial charge in [-0.3, -0.25) is 4.79 Å². The molecule has 2 aromatic carbocycles. The standard InChI is InChI=1S/C31H33ClFN5O2S/c1-37(2)23-11-12-38(16-23)28(39)14-20-5-9-24-27(13-20)41-31-29(24)30(34-18-35-31)36-22-8-10-26(25(32)15-22)40-17-19-3-6-21(33)7-4-19/h3-4,6-8,10,15,18,20,23H,5,9,11-14,16-17H2,1-2H3,(H,34,35,36)/t20?,23-/m0/s1. The number of nitrogens with one attached hydrogen (secondary N) is 1. The highest BCUT2D eigenvalue weighted by molar-refractivity contribution is 7.19. The summed E-state index contributed by atoms with van der Waals surface area (Å²) >= 11 is 8.25. The van der Waals surface area contributed by atoms with Gasteiger partial charge in [0, 0.05) is 36.1 Å². The maximum Gasteiger partial charge on any atom is 0.222 e. The average molecular weight is 594 g/mol. The van der Waals surface area contributed by atoms with Crippen molar-refractivity contribution in [2.75, 3.05) is 32.5 Å². The summed E-state index contributed by atoms with van der Waals surface area (Å²) in [7, 11) is 4.18. The fourth-order valence-electron chi connectivity index (χ4n) is 5.79. The Hall–Kier alpha value is -3.27. The van der Waals surface area contributed by atoms with Crippen LogP contribution in [0.2, 0.25) is 5.02 Å². The monoisotopic (exact) mass is 593 g/mol. The lowest BCUT2D eigenvalue weighted by Gasteiger charge is -2.25. The first-order valence-corrected chi connectivity index (χ1v) is 15.2. The number of aromatic nitrogens is 2. The molecule has 0 radical (unpaired) electrons. The van der Waals surface area contributed by atoms with Crippen molar-refractivity contribution in [3.63, 3.8) is 0 Å². The van der Waals surface area contributed by atoms with Crippen LogP contribution in [0.5, 0.6) is 5.75 Å². The number of aryl methyl sites for hydroxylation is 1. The van der Waals surface area contributed by atoms with Crippen molar-refractivity contribution in [1.29, 1.82) is 0 Å². The van der Waals surface area contributed by atoms with Crippen molar-refractivity contribution in [2.45, 2.75) is 44.8 Å². The molecule has 41 heavy (non-hydrogen) atoms. The lowest BCUT2D eigenvalue weighted by Crippen LogP contribution is -2.35. The van der Waals surface area contributed by atoms with Crippen LogP contribution in [-0.2, 0) is 24.2 Å². The van der Waals surface area contributed by atoms with Gasteiger partial charge < -0.3 is 19.9 Å². The van der Waals surface area contributed by atoms with Gasteiger partial charge in [0.2, 0.25) is 5.91 Å². The Morgan fingerprint density at radius 1 is 1.20 bits per heavy atom. The molecule has 214 valence electrons. The van der Waals surface area contributed by atoms with E-state index in [2.05, 4.69) is 34.3 Å². The lowest BCUT2D eigenvalue weighted by molar-refractivity contribution is -0.131. The Morgan fingerprint density at radius 3 is 2.78 bits per heavy atom. The first-order chi connectivity index (χ1) is 19.8. The smallest absolute Gasteiger partial charge is 0.222 e. The van der Waals surface area contributed by atoms with Crippen molar-refractivity contribution in [1.82, 2.24) is 19.8 Å². The van der Waals surface area contributed by atoms with Gasteiger partial charge >= 0.3 is 0 Å². The average Bonchev–Trinajstić information content (AvgIpc) is 3.59. The molecule has 2 atom stereocenters. The number of thiophene rings is 1. The maximum absolute atomic E-state index is 13.2. The number of benzene rings is 2. The van der Waals surface area contributed by atoms with Crippen LogP contribution >= 0.6 is 22.9 Å². The minimum absolute atomic E-state index is 0.279. The quantitative estimate of drug-likeness (QED) is 0.253. The van der Waals surface area contributed by atoms with Crippen LogP contribution in [0.3, 0.4) is 0 Å². The molecule has 0 saturated carbocycles. The summed E-state index contributed by atoms with van der Waals surface area (Å²) in [6.07, 6.45) is 6.04.